The summed E-state index contributed by atoms with van der Waals surface area (Å²) in [5.41, 5.74) is 1.77. The summed E-state index contributed by atoms with van der Waals surface area (Å²) in [5.74, 6) is 0. The van der Waals surface area contributed by atoms with E-state index in [9.17, 15) is 0 Å². The second kappa shape index (κ2) is 3.38. The van der Waals surface area contributed by atoms with Gasteiger partial charge in [0.1, 0.15) is 13.1 Å². The predicted molar refractivity (Wildman–Crippen MR) is 47.3 cm³/mol. The molecule has 0 aromatic carbocycles. The zero-order valence-electron chi connectivity index (χ0n) is 7.31. The van der Waals surface area contributed by atoms with Gasteiger partial charge in [0.2, 0.25) is 0 Å². The zero-order valence-corrected chi connectivity index (χ0v) is 7.31. The van der Waals surface area contributed by atoms with Crippen molar-refractivity contribution in [2.75, 3.05) is 13.1 Å². The summed E-state index contributed by atoms with van der Waals surface area (Å²) in [5, 5.41) is 0. The fourth-order valence-electron chi connectivity index (χ4n) is 2.31. The summed E-state index contributed by atoms with van der Waals surface area (Å²) in [6, 6.07) is 0. The first-order valence-corrected chi connectivity index (χ1v) is 5.06. The van der Waals surface area contributed by atoms with Crippen LogP contribution in [0.5, 0.6) is 0 Å². The minimum absolute atomic E-state index is 1.36. The van der Waals surface area contributed by atoms with Crippen LogP contribution in [-0.4, -0.2) is 23.4 Å². The SMILES string of the molecule is C1CC[N+](=C2CCCC2)CC1. The number of hydrogen-bond acceptors (Lipinski definition) is 0. The van der Waals surface area contributed by atoms with Gasteiger partial charge in [0.25, 0.3) is 0 Å². The second-order valence-electron chi connectivity index (χ2n) is 3.82. The standard InChI is InChI=1S/C10H18N/c1-4-8-11(9-5-1)10-6-2-3-7-10/h1-9H2/q+1. The predicted octanol–water partition coefficient (Wildman–Crippen LogP) is 2.20. The van der Waals surface area contributed by atoms with Crippen LogP contribution in [0.2, 0.25) is 0 Å². The normalized spacial score (nSPS) is 26.2. The molecule has 1 aliphatic carbocycles. The van der Waals surface area contributed by atoms with Gasteiger partial charge in [-0.2, -0.15) is 0 Å². The van der Waals surface area contributed by atoms with Gasteiger partial charge < -0.3 is 0 Å². The van der Waals surface area contributed by atoms with E-state index < -0.39 is 0 Å². The van der Waals surface area contributed by atoms with Gasteiger partial charge in [-0.15, -0.1) is 0 Å². The molecule has 0 bridgehead atoms. The molecular formula is C10H18N+. The first-order chi connectivity index (χ1) is 5.47. The fourth-order valence-corrected chi connectivity index (χ4v) is 2.31. The number of hydrogen-bond donors (Lipinski definition) is 0. The molecule has 0 amide bonds. The van der Waals surface area contributed by atoms with E-state index in [1.807, 2.05) is 0 Å². The van der Waals surface area contributed by atoms with Crippen LogP contribution in [0.1, 0.15) is 44.9 Å². The van der Waals surface area contributed by atoms with E-state index in [0.29, 0.717) is 0 Å². The maximum atomic E-state index is 2.65. The Morgan fingerprint density at radius 2 is 1.36 bits per heavy atom. The Morgan fingerprint density at radius 3 is 2.00 bits per heavy atom. The third-order valence-electron chi connectivity index (χ3n) is 2.98. The van der Waals surface area contributed by atoms with Crippen molar-refractivity contribution in [3.8, 4) is 0 Å². The first-order valence-electron chi connectivity index (χ1n) is 5.06. The largest absolute Gasteiger partial charge is 0.237 e. The van der Waals surface area contributed by atoms with E-state index in [2.05, 4.69) is 4.58 Å². The third-order valence-corrected chi connectivity index (χ3v) is 2.98. The van der Waals surface area contributed by atoms with Crippen LogP contribution in [0.25, 0.3) is 0 Å². The van der Waals surface area contributed by atoms with Crippen molar-refractivity contribution in [3.63, 3.8) is 0 Å². The minimum Gasteiger partial charge on any atom is -0.237 e. The Balaban J connectivity index is 2.03. The summed E-state index contributed by atoms with van der Waals surface area (Å²) in [4.78, 5) is 0. The van der Waals surface area contributed by atoms with Crippen molar-refractivity contribution in [1.29, 1.82) is 0 Å². The molecule has 2 fully saturated rings. The molecule has 1 saturated heterocycles. The van der Waals surface area contributed by atoms with Crippen molar-refractivity contribution in [1.82, 2.24) is 0 Å². The van der Waals surface area contributed by atoms with E-state index in [-0.39, 0.29) is 0 Å². The van der Waals surface area contributed by atoms with Crippen molar-refractivity contribution in [3.05, 3.63) is 0 Å². The van der Waals surface area contributed by atoms with Gasteiger partial charge in [0, 0.05) is 25.7 Å². The monoisotopic (exact) mass is 152 g/mol. The zero-order chi connectivity index (χ0) is 7.52. The molecule has 0 radical (unpaired) electrons. The molecule has 11 heavy (non-hydrogen) atoms. The summed E-state index contributed by atoms with van der Waals surface area (Å²) in [7, 11) is 0. The molecule has 1 saturated carbocycles. The molecule has 2 rings (SSSR count). The lowest BCUT2D eigenvalue weighted by molar-refractivity contribution is -0.539. The van der Waals surface area contributed by atoms with Crippen LogP contribution in [0.4, 0.5) is 0 Å². The van der Waals surface area contributed by atoms with E-state index in [1.54, 1.807) is 5.71 Å². The maximum absolute atomic E-state index is 2.65. The summed E-state index contributed by atoms with van der Waals surface area (Å²) in [6.07, 6.45) is 10.0. The van der Waals surface area contributed by atoms with Crippen molar-refractivity contribution < 1.29 is 4.58 Å². The Hall–Kier alpha value is -0.330. The highest BCUT2D eigenvalue weighted by atomic mass is 15.0. The average Bonchev–Trinajstić information content (AvgIpc) is 2.58. The quantitative estimate of drug-likeness (QED) is 0.468. The van der Waals surface area contributed by atoms with Crippen molar-refractivity contribution in [2.45, 2.75) is 44.9 Å². The fraction of sp³-hybridized carbons (Fsp3) is 0.900. The Bertz CT molecular complexity index is 154. The summed E-state index contributed by atoms with van der Waals surface area (Å²) in [6.45, 7) is 2.71. The lowest BCUT2D eigenvalue weighted by Crippen LogP contribution is -2.25. The van der Waals surface area contributed by atoms with Gasteiger partial charge in [0.05, 0.1) is 0 Å². The summed E-state index contributed by atoms with van der Waals surface area (Å²) >= 11 is 0. The first kappa shape index (κ1) is 7.33. The molecule has 1 heteroatoms. The van der Waals surface area contributed by atoms with E-state index in [4.69, 9.17) is 0 Å². The highest BCUT2D eigenvalue weighted by Gasteiger charge is 2.20. The molecule has 0 unspecified atom stereocenters. The van der Waals surface area contributed by atoms with Gasteiger partial charge >= 0.3 is 0 Å². The molecule has 1 heterocycles. The molecule has 0 atom stereocenters. The highest BCUT2D eigenvalue weighted by Crippen LogP contribution is 2.16. The van der Waals surface area contributed by atoms with Gasteiger partial charge in [-0.25, -0.2) is 4.58 Å². The van der Waals surface area contributed by atoms with Gasteiger partial charge in [0.15, 0.2) is 5.71 Å². The number of nitrogens with zero attached hydrogens (tertiary/aromatic N) is 1. The number of rotatable bonds is 0. The summed E-state index contributed by atoms with van der Waals surface area (Å²) < 4.78 is 2.65. The van der Waals surface area contributed by atoms with Crippen LogP contribution in [0, 0.1) is 0 Å². The molecule has 0 spiro atoms. The molecule has 1 nitrogen and oxygen atoms in total. The van der Waals surface area contributed by atoms with Crippen LogP contribution < -0.4 is 0 Å². The average molecular weight is 152 g/mol. The number of piperidine rings is 1. The van der Waals surface area contributed by atoms with Gasteiger partial charge in [-0.05, 0) is 19.3 Å². The topological polar surface area (TPSA) is 3.01 Å². The molecule has 62 valence electrons. The van der Waals surface area contributed by atoms with Crippen LogP contribution in [-0.2, 0) is 0 Å². The van der Waals surface area contributed by atoms with E-state index >= 15 is 0 Å². The Morgan fingerprint density at radius 1 is 0.727 bits per heavy atom. The lowest BCUT2D eigenvalue weighted by Gasteiger charge is -2.11. The van der Waals surface area contributed by atoms with Crippen LogP contribution in [0.3, 0.4) is 0 Å². The molecule has 1 aliphatic heterocycles. The molecule has 0 N–H and O–H groups in total. The van der Waals surface area contributed by atoms with Gasteiger partial charge in [-0.3, -0.25) is 0 Å². The Kier molecular flexibility index (Phi) is 2.25. The van der Waals surface area contributed by atoms with Crippen LogP contribution in [0.15, 0.2) is 0 Å². The van der Waals surface area contributed by atoms with E-state index in [0.717, 1.165) is 0 Å². The Labute approximate surface area is 69.1 Å². The lowest BCUT2D eigenvalue weighted by atomic mass is 10.1. The smallest absolute Gasteiger partial charge is 0.152 e. The molecule has 2 aliphatic rings. The van der Waals surface area contributed by atoms with Crippen LogP contribution >= 0.6 is 0 Å². The molecular weight excluding hydrogens is 134 g/mol. The van der Waals surface area contributed by atoms with E-state index in [1.165, 1.54) is 58.0 Å². The maximum Gasteiger partial charge on any atom is 0.152 e. The third kappa shape index (κ3) is 1.63. The van der Waals surface area contributed by atoms with Crippen molar-refractivity contribution in [2.24, 2.45) is 0 Å². The molecule has 0 aromatic heterocycles. The second-order valence-corrected chi connectivity index (χ2v) is 3.82. The van der Waals surface area contributed by atoms with Crippen molar-refractivity contribution >= 4 is 5.71 Å². The minimum atomic E-state index is 1.36. The highest BCUT2D eigenvalue weighted by molar-refractivity contribution is 5.81. The molecule has 0 aromatic rings. The van der Waals surface area contributed by atoms with Gasteiger partial charge in [-0.1, -0.05) is 0 Å².